The van der Waals surface area contributed by atoms with E-state index in [4.69, 9.17) is 11.6 Å². The number of carbonyl (C=O) groups is 1. The molecular weight excluding hydrogens is 517 g/mol. The first-order valence-electron chi connectivity index (χ1n) is 13.3. The minimum atomic E-state index is -2.49. The predicted molar refractivity (Wildman–Crippen MR) is 156 cm³/mol. The molecule has 1 saturated heterocycles. The fourth-order valence-electron chi connectivity index (χ4n) is 5.77. The summed E-state index contributed by atoms with van der Waals surface area (Å²) < 4.78 is 12.8. The molecule has 9 heteroatoms. The molecule has 0 atom stereocenters. The van der Waals surface area contributed by atoms with E-state index in [0.717, 1.165) is 55.5 Å². The lowest BCUT2D eigenvalue weighted by Gasteiger charge is -2.53. The number of nitrogens with zero attached hydrogens (tertiary/aromatic N) is 3. The molecule has 6 rings (SSSR count). The van der Waals surface area contributed by atoms with Crippen LogP contribution in [0.15, 0.2) is 48.7 Å². The van der Waals surface area contributed by atoms with Gasteiger partial charge in [0.2, 0.25) is 5.95 Å². The largest absolute Gasteiger partial charge is 0.370 e. The molecule has 2 heterocycles. The monoisotopic (exact) mass is 549 g/mol. The maximum absolute atomic E-state index is 12.8. The highest BCUT2D eigenvalue weighted by Crippen LogP contribution is 2.50. The van der Waals surface area contributed by atoms with Crippen molar-refractivity contribution in [2.75, 3.05) is 42.0 Å². The van der Waals surface area contributed by atoms with Gasteiger partial charge in [0.25, 0.3) is 0 Å². The zero-order chi connectivity index (χ0) is 26.5. The summed E-state index contributed by atoms with van der Waals surface area (Å²) in [6.07, 6.45) is 7.55. The van der Waals surface area contributed by atoms with Crippen LogP contribution in [0.2, 0.25) is 5.02 Å². The van der Waals surface area contributed by atoms with E-state index >= 15 is 0 Å². The Hall–Kier alpha value is -2.89. The molecule has 7 nitrogen and oxygen atoms in total. The summed E-state index contributed by atoms with van der Waals surface area (Å²) in [5, 5.41) is 7.76. The average molecular weight is 550 g/mol. The van der Waals surface area contributed by atoms with Crippen molar-refractivity contribution >= 4 is 58.7 Å². The minimum absolute atomic E-state index is 0.327. The molecule has 0 radical (unpaired) electrons. The minimum Gasteiger partial charge on any atom is -0.370 e. The van der Waals surface area contributed by atoms with E-state index < -0.39 is 7.14 Å². The highest BCUT2D eigenvalue weighted by atomic mass is 35.5. The molecule has 0 amide bonds. The van der Waals surface area contributed by atoms with Crippen LogP contribution < -0.4 is 20.8 Å². The topological polar surface area (TPSA) is 87.2 Å². The molecule has 1 spiro atoms. The smallest absolute Gasteiger partial charge is 0.229 e. The lowest BCUT2D eigenvalue weighted by Crippen LogP contribution is -2.58. The van der Waals surface area contributed by atoms with E-state index in [1.54, 1.807) is 19.5 Å². The van der Waals surface area contributed by atoms with E-state index in [2.05, 4.69) is 43.7 Å². The van der Waals surface area contributed by atoms with Gasteiger partial charge in [-0.15, -0.1) is 0 Å². The number of Topliss-reactive ketones (excluding diaryl/α,β-unsaturated/α-hetero) is 1. The lowest BCUT2D eigenvalue weighted by atomic mass is 9.68. The van der Waals surface area contributed by atoms with Gasteiger partial charge in [0.1, 0.15) is 17.9 Å². The van der Waals surface area contributed by atoms with Gasteiger partial charge in [0, 0.05) is 48.0 Å². The molecule has 2 N–H and O–H groups in total. The number of anilines is 5. The number of carbonyl (C=O) groups excluding carboxylic acids is 1. The highest BCUT2D eigenvalue weighted by Gasteiger charge is 2.46. The molecule has 198 valence electrons. The number of rotatable bonds is 7. The molecular formula is C29H33ClN5O2P. The second-order valence-electron chi connectivity index (χ2n) is 11.5. The number of nitrogens with one attached hydrogen (secondary N) is 2. The van der Waals surface area contributed by atoms with Crippen molar-refractivity contribution in [3.05, 3.63) is 59.2 Å². The molecule has 1 aromatic heterocycles. The van der Waals surface area contributed by atoms with Crippen LogP contribution >= 0.6 is 18.7 Å². The zero-order valence-electron chi connectivity index (χ0n) is 21.8. The van der Waals surface area contributed by atoms with Crippen molar-refractivity contribution in [3.8, 4) is 0 Å². The fourth-order valence-corrected chi connectivity index (χ4v) is 7.07. The summed E-state index contributed by atoms with van der Waals surface area (Å²) in [6, 6.07) is 14.0. The van der Waals surface area contributed by atoms with Crippen LogP contribution in [0, 0.1) is 5.41 Å². The summed E-state index contributed by atoms with van der Waals surface area (Å²) in [5.41, 5.74) is 4.69. The number of benzene rings is 2. The number of aromatic nitrogens is 2. The van der Waals surface area contributed by atoms with Crippen molar-refractivity contribution in [1.82, 2.24) is 9.97 Å². The van der Waals surface area contributed by atoms with Crippen molar-refractivity contribution in [2.45, 2.75) is 44.4 Å². The standard InChI is InChI=1S/C29H33ClN5O2P/c1-38(2,37)26-6-4-3-5-24(26)33-27-23(30)16-31-28(34-27)32-20-9-10-25(22(15-20)19-7-8-19)35-17-29(18-35)13-11-21(36)12-14-29/h3-6,9-10,15-16,19H,7-8,11-14,17-18H2,1-2H3,(H2,31,32,33,34). The van der Waals surface area contributed by atoms with Crippen LogP contribution in [0.1, 0.15) is 50.0 Å². The van der Waals surface area contributed by atoms with E-state index in [0.29, 0.717) is 33.9 Å². The van der Waals surface area contributed by atoms with Gasteiger partial charge in [-0.05, 0) is 80.8 Å². The summed E-state index contributed by atoms with van der Waals surface area (Å²) in [7, 11) is -2.49. The second kappa shape index (κ2) is 9.69. The van der Waals surface area contributed by atoms with Crippen LogP contribution in [0.3, 0.4) is 0 Å². The Bertz CT molecular complexity index is 1430. The Balaban J connectivity index is 1.20. The lowest BCUT2D eigenvalue weighted by molar-refractivity contribution is -0.122. The van der Waals surface area contributed by atoms with Crippen molar-refractivity contribution in [1.29, 1.82) is 0 Å². The number of hydrogen-bond acceptors (Lipinski definition) is 7. The van der Waals surface area contributed by atoms with Gasteiger partial charge in [-0.25, -0.2) is 4.98 Å². The Labute approximate surface area is 228 Å². The van der Waals surface area contributed by atoms with Gasteiger partial charge >= 0.3 is 0 Å². The van der Waals surface area contributed by atoms with Crippen LogP contribution in [0.25, 0.3) is 0 Å². The van der Waals surface area contributed by atoms with Crippen LogP contribution in [-0.2, 0) is 9.36 Å². The Kier molecular flexibility index (Phi) is 6.48. The Morgan fingerprint density at radius 1 is 1.05 bits per heavy atom. The van der Waals surface area contributed by atoms with E-state index in [9.17, 15) is 9.36 Å². The third-order valence-electron chi connectivity index (χ3n) is 8.04. The maximum Gasteiger partial charge on any atom is 0.229 e. The van der Waals surface area contributed by atoms with Gasteiger partial charge in [0.05, 0.1) is 11.9 Å². The van der Waals surface area contributed by atoms with Crippen molar-refractivity contribution in [3.63, 3.8) is 0 Å². The molecule has 3 aliphatic rings. The first-order chi connectivity index (χ1) is 18.2. The molecule has 0 bridgehead atoms. The first-order valence-corrected chi connectivity index (χ1v) is 16.3. The fraction of sp³-hybridized carbons (Fsp3) is 0.414. The van der Waals surface area contributed by atoms with Gasteiger partial charge in [-0.3, -0.25) is 4.79 Å². The predicted octanol–water partition coefficient (Wildman–Crippen LogP) is 6.69. The van der Waals surface area contributed by atoms with Crippen LogP contribution in [0.4, 0.5) is 28.8 Å². The van der Waals surface area contributed by atoms with Crippen molar-refractivity contribution in [2.24, 2.45) is 5.41 Å². The molecule has 2 aliphatic carbocycles. The summed E-state index contributed by atoms with van der Waals surface area (Å²) in [6.45, 7) is 5.59. The molecule has 38 heavy (non-hydrogen) atoms. The quantitative estimate of drug-likeness (QED) is 0.317. The third-order valence-corrected chi connectivity index (χ3v) is 9.87. The summed E-state index contributed by atoms with van der Waals surface area (Å²) >= 11 is 6.43. The average Bonchev–Trinajstić information content (AvgIpc) is 3.71. The summed E-state index contributed by atoms with van der Waals surface area (Å²) in [4.78, 5) is 23.2. The van der Waals surface area contributed by atoms with Gasteiger partial charge in [0.15, 0.2) is 5.82 Å². The molecule has 3 aromatic rings. The number of hydrogen-bond donors (Lipinski definition) is 2. The van der Waals surface area contributed by atoms with E-state index in [1.807, 2.05) is 24.3 Å². The number of halogens is 1. The zero-order valence-corrected chi connectivity index (χ0v) is 23.5. The number of para-hydroxylation sites is 1. The van der Waals surface area contributed by atoms with Gasteiger partial charge < -0.3 is 20.1 Å². The van der Waals surface area contributed by atoms with Crippen LogP contribution in [-0.4, -0.2) is 42.2 Å². The normalized spacial score (nSPS) is 18.8. The maximum atomic E-state index is 12.8. The van der Waals surface area contributed by atoms with Crippen LogP contribution in [0.5, 0.6) is 0 Å². The molecule has 1 aliphatic heterocycles. The van der Waals surface area contributed by atoms with Gasteiger partial charge in [-0.2, -0.15) is 4.98 Å². The molecule has 2 saturated carbocycles. The molecule has 3 fully saturated rings. The van der Waals surface area contributed by atoms with Gasteiger partial charge in [-0.1, -0.05) is 23.7 Å². The third kappa shape index (κ3) is 5.19. The number of ketones is 1. The second-order valence-corrected chi connectivity index (χ2v) is 15.0. The van der Waals surface area contributed by atoms with E-state index in [1.165, 1.54) is 24.1 Å². The Morgan fingerprint density at radius 3 is 2.50 bits per heavy atom. The van der Waals surface area contributed by atoms with E-state index in [-0.39, 0.29) is 0 Å². The SMILES string of the molecule is CP(C)(=O)c1ccccc1Nc1nc(Nc2ccc(N3CC4(CCC(=O)CC4)C3)c(C3CC3)c2)ncc1Cl. The highest BCUT2D eigenvalue weighted by molar-refractivity contribution is 7.70. The first kappa shape index (κ1) is 25.4. The molecule has 2 aromatic carbocycles. The molecule has 0 unspecified atom stereocenters. The summed E-state index contributed by atoms with van der Waals surface area (Å²) in [5.74, 6) is 1.91. The van der Waals surface area contributed by atoms with Crippen molar-refractivity contribution < 1.29 is 9.36 Å². The Morgan fingerprint density at radius 2 is 1.79 bits per heavy atom.